The summed E-state index contributed by atoms with van der Waals surface area (Å²) < 4.78 is 0. The molecule has 0 aliphatic rings. The molecule has 0 radical (unpaired) electrons. The number of amides is 1. The summed E-state index contributed by atoms with van der Waals surface area (Å²) in [6.07, 6.45) is 3.03. The van der Waals surface area contributed by atoms with Crippen molar-refractivity contribution in [2.75, 3.05) is 18.9 Å². The van der Waals surface area contributed by atoms with Crippen molar-refractivity contribution in [1.29, 1.82) is 0 Å². The van der Waals surface area contributed by atoms with Crippen LogP contribution in [0.25, 0.3) is 0 Å². The molecular formula is C12H16N6O. The van der Waals surface area contributed by atoms with E-state index in [0.717, 1.165) is 18.7 Å². The van der Waals surface area contributed by atoms with Gasteiger partial charge in [0.1, 0.15) is 23.7 Å². The third-order valence-corrected chi connectivity index (χ3v) is 2.58. The fraction of sp³-hybridized carbons (Fsp3) is 0.333. The van der Waals surface area contributed by atoms with Crippen LogP contribution >= 0.6 is 0 Å². The molecule has 0 aliphatic carbocycles. The predicted octanol–water partition coefficient (Wildman–Crippen LogP) is 0.604. The maximum Gasteiger partial charge on any atom is 0.269 e. The number of nitrogens with one attached hydrogen (secondary N) is 3. The van der Waals surface area contributed by atoms with Crippen LogP contribution in [0.4, 0.5) is 5.82 Å². The SMILES string of the molecule is CNc1cccc(C(=O)NCCCc2ncn[nH]2)n1. The normalized spacial score (nSPS) is 10.2. The molecule has 1 amide bonds. The maximum absolute atomic E-state index is 11.8. The minimum Gasteiger partial charge on any atom is -0.373 e. The second kappa shape index (κ2) is 6.48. The van der Waals surface area contributed by atoms with E-state index in [0.29, 0.717) is 18.1 Å². The summed E-state index contributed by atoms with van der Waals surface area (Å²) in [5.74, 6) is 1.33. The predicted molar refractivity (Wildman–Crippen MR) is 70.8 cm³/mol. The largest absolute Gasteiger partial charge is 0.373 e. The number of hydrogen-bond acceptors (Lipinski definition) is 5. The molecule has 7 heteroatoms. The molecule has 0 unspecified atom stereocenters. The van der Waals surface area contributed by atoms with Crippen molar-refractivity contribution in [3.8, 4) is 0 Å². The molecule has 0 aliphatic heterocycles. The molecule has 0 aromatic carbocycles. The lowest BCUT2D eigenvalue weighted by Gasteiger charge is -2.05. The van der Waals surface area contributed by atoms with E-state index < -0.39 is 0 Å². The Hall–Kier alpha value is -2.44. The van der Waals surface area contributed by atoms with Gasteiger partial charge in [0.25, 0.3) is 5.91 Å². The number of pyridine rings is 1. The third kappa shape index (κ3) is 3.77. The summed E-state index contributed by atoms with van der Waals surface area (Å²) in [7, 11) is 1.77. The lowest BCUT2D eigenvalue weighted by molar-refractivity contribution is 0.0948. The minimum atomic E-state index is -0.172. The first kappa shape index (κ1) is 13.0. The van der Waals surface area contributed by atoms with Gasteiger partial charge in [-0.3, -0.25) is 9.89 Å². The zero-order valence-corrected chi connectivity index (χ0v) is 10.7. The molecule has 0 spiro atoms. The van der Waals surface area contributed by atoms with Gasteiger partial charge in [0.05, 0.1) is 0 Å². The van der Waals surface area contributed by atoms with Gasteiger partial charge < -0.3 is 10.6 Å². The maximum atomic E-state index is 11.8. The van der Waals surface area contributed by atoms with Crippen molar-refractivity contribution < 1.29 is 4.79 Å². The highest BCUT2D eigenvalue weighted by atomic mass is 16.1. The average Bonchev–Trinajstić information content (AvgIpc) is 2.96. The molecular weight excluding hydrogens is 244 g/mol. The number of aromatic nitrogens is 4. The second-order valence-electron chi connectivity index (χ2n) is 3.95. The first-order chi connectivity index (χ1) is 9.29. The van der Waals surface area contributed by atoms with Crippen molar-refractivity contribution >= 4 is 11.7 Å². The van der Waals surface area contributed by atoms with Crippen molar-refractivity contribution in [3.63, 3.8) is 0 Å². The molecule has 2 aromatic rings. The molecule has 100 valence electrons. The van der Waals surface area contributed by atoms with Crippen LogP contribution in [0.15, 0.2) is 24.5 Å². The molecule has 0 bridgehead atoms. The van der Waals surface area contributed by atoms with Crippen LogP contribution in [0.1, 0.15) is 22.7 Å². The third-order valence-electron chi connectivity index (χ3n) is 2.58. The van der Waals surface area contributed by atoms with Gasteiger partial charge in [-0.1, -0.05) is 6.07 Å². The zero-order chi connectivity index (χ0) is 13.5. The number of H-pyrrole nitrogens is 1. The van der Waals surface area contributed by atoms with Crippen LogP contribution in [-0.4, -0.2) is 39.7 Å². The van der Waals surface area contributed by atoms with Gasteiger partial charge in [-0.05, 0) is 18.6 Å². The number of aryl methyl sites for hydroxylation is 1. The summed E-state index contributed by atoms with van der Waals surface area (Å²) in [6.45, 7) is 0.574. The molecule has 0 saturated carbocycles. The van der Waals surface area contributed by atoms with E-state index in [-0.39, 0.29) is 5.91 Å². The van der Waals surface area contributed by atoms with E-state index >= 15 is 0 Å². The monoisotopic (exact) mass is 260 g/mol. The molecule has 3 N–H and O–H groups in total. The fourth-order valence-corrected chi connectivity index (χ4v) is 1.60. The van der Waals surface area contributed by atoms with Crippen molar-refractivity contribution in [1.82, 2.24) is 25.5 Å². The summed E-state index contributed by atoms with van der Waals surface area (Å²) in [4.78, 5) is 20.0. The van der Waals surface area contributed by atoms with Crippen LogP contribution in [-0.2, 0) is 6.42 Å². The Balaban J connectivity index is 1.77. The molecule has 0 atom stereocenters. The first-order valence-corrected chi connectivity index (χ1v) is 6.07. The number of anilines is 1. The number of carbonyl (C=O) groups excluding carboxylic acids is 1. The second-order valence-corrected chi connectivity index (χ2v) is 3.95. The van der Waals surface area contributed by atoms with Crippen LogP contribution in [0.5, 0.6) is 0 Å². The molecule has 0 fully saturated rings. The summed E-state index contributed by atoms with van der Waals surface area (Å²) >= 11 is 0. The Kier molecular flexibility index (Phi) is 4.44. The number of carbonyl (C=O) groups is 1. The Morgan fingerprint density at radius 1 is 1.42 bits per heavy atom. The molecule has 2 rings (SSSR count). The highest BCUT2D eigenvalue weighted by Gasteiger charge is 2.06. The average molecular weight is 260 g/mol. The smallest absolute Gasteiger partial charge is 0.269 e. The van der Waals surface area contributed by atoms with Crippen LogP contribution in [0, 0.1) is 0 Å². The van der Waals surface area contributed by atoms with E-state index in [1.54, 1.807) is 25.2 Å². The van der Waals surface area contributed by atoms with Crippen LogP contribution in [0.2, 0.25) is 0 Å². The van der Waals surface area contributed by atoms with Gasteiger partial charge in [-0.15, -0.1) is 0 Å². The number of aromatic amines is 1. The Labute approximate surface area is 110 Å². The number of nitrogens with zero attached hydrogens (tertiary/aromatic N) is 3. The minimum absolute atomic E-state index is 0.172. The van der Waals surface area contributed by atoms with Crippen LogP contribution in [0.3, 0.4) is 0 Å². The van der Waals surface area contributed by atoms with E-state index in [1.807, 2.05) is 0 Å². The van der Waals surface area contributed by atoms with Gasteiger partial charge in [0, 0.05) is 20.0 Å². The zero-order valence-electron chi connectivity index (χ0n) is 10.7. The number of rotatable bonds is 6. The van der Waals surface area contributed by atoms with Crippen molar-refractivity contribution in [3.05, 3.63) is 36.0 Å². The topological polar surface area (TPSA) is 95.6 Å². The fourth-order valence-electron chi connectivity index (χ4n) is 1.60. The summed E-state index contributed by atoms with van der Waals surface area (Å²) in [6, 6.07) is 5.29. The van der Waals surface area contributed by atoms with E-state index in [9.17, 15) is 4.79 Å². The van der Waals surface area contributed by atoms with Gasteiger partial charge in [0.2, 0.25) is 0 Å². The quantitative estimate of drug-likeness (QED) is 0.661. The number of hydrogen-bond donors (Lipinski definition) is 3. The van der Waals surface area contributed by atoms with E-state index in [2.05, 4.69) is 30.8 Å². The highest BCUT2D eigenvalue weighted by Crippen LogP contribution is 2.03. The highest BCUT2D eigenvalue weighted by molar-refractivity contribution is 5.92. The molecule has 7 nitrogen and oxygen atoms in total. The van der Waals surface area contributed by atoms with Gasteiger partial charge in [0.15, 0.2) is 0 Å². The molecule has 19 heavy (non-hydrogen) atoms. The van der Waals surface area contributed by atoms with Gasteiger partial charge >= 0.3 is 0 Å². The Morgan fingerprint density at radius 2 is 2.32 bits per heavy atom. The summed E-state index contributed by atoms with van der Waals surface area (Å²) in [5.41, 5.74) is 0.409. The van der Waals surface area contributed by atoms with Crippen molar-refractivity contribution in [2.24, 2.45) is 0 Å². The van der Waals surface area contributed by atoms with Gasteiger partial charge in [-0.2, -0.15) is 5.10 Å². The molecule has 0 saturated heterocycles. The Morgan fingerprint density at radius 3 is 3.05 bits per heavy atom. The molecule has 2 aromatic heterocycles. The van der Waals surface area contributed by atoms with Crippen LogP contribution < -0.4 is 10.6 Å². The van der Waals surface area contributed by atoms with Gasteiger partial charge in [-0.25, -0.2) is 9.97 Å². The van der Waals surface area contributed by atoms with Crippen molar-refractivity contribution in [2.45, 2.75) is 12.8 Å². The van der Waals surface area contributed by atoms with E-state index in [4.69, 9.17) is 0 Å². The lowest BCUT2D eigenvalue weighted by Crippen LogP contribution is -2.25. The lowest BCUT2D eigenvalue weighted by atomic mass is 10.3. The van der Waals surface area contributed by atoms with E-state index in [1.165, 1.54) is 6.33 Å². The first-order valence-electron chi connectivity index (χ1n) is 6.07. The standard InChI is InChI=1S/C12H16N6O/c1-13-10-5-2-4-9(17-10)12(19)14-7-3-6-11-15-8-16-18-11/h2,4-5,8H,3,6-7H2,1H3,(H,13,17)(H,14,19)(H,15,16,18). The summed E-state index contributed by atoms with van der Waals surface area (Å²) in [5, 5.41) is 12.3. The Bertz CT molecular complexity index is 525. The molecule has 2 heterocycles.